The molecule has 0 unspecified atom stereocenters. The van der Waals surface area contributed by atoms with Crippen LogP contribution in [0.1, 0.15) is 36.2 Å². The Labute approximate surface area is 124 Å². The van der Waals surface area contributed by atoms with Gasteiger partial charge in [0.25, 0.3) is 0 Å². The summed E-state index contributed by atoms with van der Waals surface area (Å²) in [5, 5.41) is 7.53. The zero-order valence-corrected chi connectivity index (χ0v) is 12.5. The van der Waals surface area contributed by atoms with Crippen LogP contribution in [0.2, 0.25) is 0 Å². The molecule has 0 saturated carbocycles. The quantitative estimate of drug-likeness (QED) is 0.795. The number of rotatable bonds is 7. The molecule has 5 nitrogen and oxygen atoms in total. The summed E-state index contributed by atoms with van der Waals surface area (Å²) in [6.45, 7) is 6.07. The molecule has 0 aliphatic carbocycles. The highest BCUT2D eigenvalue weighted by Crippen LogP contribution is 2.12. The van der Waals surface area contributed by atoms with Crippen LogP contribution in [-0.2, 0) is 17.8 Å². The van der Waals surface area contributed by atoms with Crippen LogP contribution in [0, 0.1) is 0 Å². The molecule has 0 aliphatic heterocycles. The number of anilines is 1. The Balaban J connectivity index is 1.88. The molecule has 0 atom stereocenters. The monoisotopic (exact) mass is 287 g/mol. The van der Waals surface area contributed by atoms with E-state index >= 15 is 0 Å². The van der Waals surface area contributed by atoms with E-state index in [-0.39, 0.29) is 5.97 Å². The molecule has 0 radical (unpaired) electrons. The summed E-state index contributed by atoms with van der Waals surface area (Å²) in [6.07, 6.45) is 4.70. The zero-order chi connectivity index (χ0) is 15.1. The van der Waals surface area contributed by atoms with Crippen molar-refractivity contribution in [3.63, 3.8) is 0 Å². The normalized spacial score (nSPS) is 10.4. The third-order valence-corrected chi connectivity index (χ3v) is 3.07. The van der Waals surface area contributed by atoms with Crippen molar-refractivity contribution in [1.82, 2.24) is 9.78 Å². The van der Waals surface area contributed by atoms with Crippen molar-refractivity contribution >= 4 is 11.7 Å². The summed E-state index contributed by atoms with van der Waals surface area (Å²) in [4.78, 5) is 11.7. The topological polar surface area (TPSA) is 56.1 Å². The van der Waals surface area contributed by atoms with E-state index in [0.717, 1.165) is 24.2 Å². The van der Waals surface area contributed by atoms with Gasteiger partial charge in [-0.1, -0.05) is 6.92 Å². The van der Waals surface area contributed by atoms with Gasteiger partial charge in [-0.3, -0.25) is 4.68 Å². The maximum absolute atomic E-state index is 11.7. The number of carbonyl (C=O) groups excluding carboxylic acids is 1. The summed E-state index contributed by atoms with van der Waals surface area (Å²) in [7, 11) is 0. The molecule has 0 bridgehead atoms. The highest BCUT2D eigenvalue weighted by molar-refractivity contribution is 5.89. The second kappa shape index (κ2) is 7.47. The van der Waals surface area contributed by atoms with Crippen LogP contribution in [0.25, 0.3) is 0 Å². The van der Waals surface area contributed by atoms with Gasteiger partial charge in [0, 0.05) is 30.5 Å². The number of hydrogen-bond acceptors (Lipinski definition) is 4. The van der Waals surface area contributed by atoms with Gasteiger partial charge in [0.05, 0.1) is 18.4 Å². The molecule has 0 fully saturated rings. The van der Waals surface area contributed by atoms with E-state index in [1.165, 1.54) is 0 Å². The minimum absolute atomic E-state index is 0.271. The van der Waals surface area contributed by atoms with Crippen LogP contribution in [0.4, 0.5) is 5.69 Å². The summed E-state index contributed by atoms with van der Waals surface area (Å²) >= 11 is 0. The van der Waals surface area contributed by atoms with Crippen molar-refractivity contribution in [2.24, 2.45) is 0 Å². The predicted molar refractivity (Wildman–Crippen MR) is 82.2 cm³/mol. The largest absolute Gasteiger partial charge is 0.462 e. The van der Waals surface area contributed by atoms with Crippen molar-refractivity contribution in [2.45, 2.75) is 33.4 Å². The smallest absolute Gasteiger partial charge is 0.338 e. The van der Waals surface area contributed by atoms with Gasteiger partial charge < -0.3 is 10.1 Å². The molecule has 5 heteroatoms. The van der Waals surface area contributed by atoms with Crippen molar-refractivity contribution in [3.05, 3.63) is 47.8 Å². The summed E-state index contributed by atoms with van der Waals surface area (Å²) in [5.74, 6) is -0.271. The van der Waals surface area contributed by atoms with Crippen LogP contribution < -0.4 is 5.32 Å². The number of hydrogen-bond donors (Lipinski definition) is 1. The van der Waals surface area contributed by atoms with Gasteiger partial charge in [-0.15, -0.1) is 0 Å². The van der Waals surface area contributed by atoms with Gasteiger partial charge in [-0.05, 0) is 37.6 Å². The second-order valence-corrected chi connectivity index (χ2v) is 4.77. The number of aromatic nitrogens is 2. The number of aryl methyl sites for hydroxylation is 1. The van der Waals surface area contributed by atoms with Gasteiger partial charge in [0.1, 0.15) is 0 Å². The second-order valence-electron chi connectivity index (χ2n) is 4.77. The molecule has 1 aromatic heterocycles. The lowest BCUT2D eigenvalue weighted by Crippen LogP contribution is -2.06. The first kappa shape index (κ1) is 15.1. The average Bonchev–Trinajstić information content (AvgIpc) is 2.99. The molecular formula is C16H21N3O2. The summed E-state index contributed by atoms with van der Waals surface area (Å²) in [6, 6.07) is 7.31. The molecular weight excluding hydrogens is 266 g/mol. The average molecular weight is 287 g/mol. The first-order valence-corrected chi connectivity index (χ1v) is 7.25. The number of benzene rings is 1. The Morgan fingerprint density at radius 1 is 1.29 bits per heavy atom. The van der Waals surface area contributed by atoms with E-state index in [4.69, 9.17) is 4.74 Å². The molecule has 0 amide bonds. The first-order chi connectivity index (χ1) is 10.2. The Hall–Kier alpha value is -2.30. The molecule has 2 aromatic rings. The third kappa shape index (κ3) is 4.34. The van der Waals surface area contributed by atoms with E-state index in [1.54, 1.807) is 12.1 Å². The number of carbonyl (C=O) groups is 1. The SMILES string of the molecule is CCCOC(=O)c1ccc(NCc2cnn(CC)c2)cc1. The van der Waals surface area contributed by atoms with E-state index in [1.807, 2.05) is 36.1 Å². The van der Waals surface area contributed by atoms with Crippen molar-refractivity contribution < 1.29 is 9.53 Å². The lowest BCUT2D eigenvalue weighted by Gasteiger charge is -2.06. The van der Waals surface area contributed by atoms with Crippen molar-refractivity contribution in [2.75, 3.05) is 11.9 Å². The fraction of sp³-hybridized carbons (Fsp3) is 0.375. The molecule has 0 saturated heterocycles. The molecule has 0 spiro atoms. The fourth-order valence-corrected chi connectivity index (χ4v) is 1.88. The minimum atomic E-state index is -0.271. The lowest BCUT2D eigenvalue weighted by molar-refractivity contribution is 0.0505. The molecule has 1 N–H and O–H groups in total. The van der Waals surface area contributed by atoms with E-state index < -0.39 is 0 Å². The fourth-order valence-electron chi connectivity index (χ4n) is 1.88. The van der Waals surface area contributed by atoms with Crippen LogP contribution in [0.5, 0.6) is 0 Å². The maximum atomic E-state index is 11.7. The predicted octanol–water partition coefficient (Wildman–Crippen LogP) is 3.08. The highest BCUT2D eigenvalue weighted by Gasteiger charge is 2.06. The van der Waals surface area contributed by atoms with Crippen LogP contribution in [0.3, 0.4) is 0 Å². The van der Waals surface area contributed by atoms with E-state index in [2.05, 4.69) is 17.3 Å². The zero-order valence-electron chi connectivity index (χ0n) is 12.5. The molecule has 1 aromatic carbocycles. The molecule has 112 valence electrons. The van der Waals surface area contributed by atoms with Crippen molar-refractivity contribution in [1.29, 1.82) is 0 Å². The summed E-state index contributed by atoms with van der Waals surface area (Å²) in [5.41, 5.74) is 2.67. The number of nitrogens with zero attached hydrogens (tertiary/aromatic N) is 2. The Kier molecular flexibility index (Phi) is 5.37. The van der Waals surface area contributed by atoms with Gasteiger partial charge >= 0.3 is 5.97 Å². The van der Waals surface area contributed by atoms with Gasteiger partial charge in [-0.25, -0.2) is 4.79 Å². The minimum Gasteiger partial charge on any atom is -0.462 e. The Morgan fingerprint density at radius 3 is 2.67 bits per heavy atom. The van der Waals surface area contributed by atoms with Crippen LogP contribution in [-0.4, -0.2) is 22.4 Å². The maximum Gasteiger partial charge on any atom is 0.338 e. The third-order valence-electron chi connectivity index (χ3n) is 3.07. The first-order valence-electron chi connectivity index (χ1n) is 7.25. The standard InChI is InChI=1S/C16H21N3O2/c1-3-9-21-16(20)14-5-7-15(8-6-14)17-10-13-11-18-19(4-2)12-13/h5-8,11-12,17H,3-4,9-10H2,1-2H3. The van der Waals surface area contributed by atoms with E-state index in [0.29, 0.717) is 18.7 Å². The highest BCUT2D eigenvalue weighted by atomic mass is 16.5. The number of nitrogens with one attached hydrogen (secondary N) is 1. The number of ether oxygens (including phenoxy) is 1. The van der Waals surface area contributed by atoms with Gasteiger partial charge in [0.15, 0.2) is 0 Å². The summed E-state index contributed by atoms with van der Waals surface area (Å²) < 4.78 is 6.98. The lowest BCUT2D eigenvalue weighted by atomic mass is 10.2. The van der Waals surface area contributed by atoms with Crippen LogP contribution >= 0.6 is 0 Å². The van der Waals surface area contributed by atoms with Crippen molar-refractivity contribution in [3.8, 4) is 0 Å². The molecule has 1 heterocycles. The molecule has 2 rings (SSSR count). The van der Waals surface area contributed by atoms with E-state index in [9.17, 15) is 4.79 Å². The molecule has 21 heavy (non-hydrogen) atoms. The Bertz CT molecular complexity index is 575. The van der Waals surface area contributed by atoms with Crippen LogP contribution in [0.15, 0.2) is 36.7 Å². The number of esters is 1. The van der Waals surface area contributed by atoms with Gasteiger partial charge in [-0.2, -0.15) is 5.10 Å². The Morgan fingerprint density at radius 2 is 2.05 bits per heavy atom. The van der Waals surface area contributed by atoms with Gasteiger partial charge in [0.2, 0.25) is 0 Å². The molecule has 0 aliphatic rings.